The van der Waals surface area contributed by atoms with Gasteiger partial charge < -0.3 is 5.73 Å². The molecule has 0 heterocycles. The molecule has 0 aliphatic rings. The summed E-state index contributed by atoms with van der Waals surface area (Å²) in [7, 11) is 0. The van der Waals surface area contributed by atoms with Crippen molar-refractivity contribution in [1.29, 1.82) is 0 Å². The van der Waals surface area contributed by atoms with Crippen molar-refractivity contribution < 1.29 is 0 Å². The van der Waals surface area contributed by atoms with Crippen LogP contribution in [0.4, 0.5) is 0 Å². The SMILES string of the molecule is CSc1cc(CCCN)ccc1C. The highest BCUT2D eigenvalue weighted by Gasteiger charge is 1.98. The maximum absolute atomic E-state index is 5.47. The molecule has 1 aromatic rings. The van der Waals surface area contributed by atoms with Gasteiger partial charge in [-0.2, -0.15) is 0 Å². The Morgan fingerprint density at radius 2 is 2.15 bits per heavy atom. The minimum Gasteiger partial charge on any atom is -0.330 e. The van der Waals surface area contributed by atoms with Gasteiger partial charge in [0.15, 0.2) is 0 Å². The number of aryl methyl sites for hydroxylation is 2. The van der Waals surface area contributed by atoms with Crippen molar-refractivity contribution in [2.75, 3.05) is 12.8 Å². The first-order valence-corrected chi connectivity index (χ1v) is 5.84. The fourth-order valence-corrected chi connectivity index (χ4v) is 1.99. The maximum atomic E-state index is 5.47. The summed E-state index contributed by atoms with van der Waals surface area (Å²) in [4.78, 5) is 1.38. The van der Waals surface area contributed by atoms with Crippen LogP contribution in [0, 0.1) is 6.92 Å². The van der Waals surface area contributed by atoms with E-state index in [-0.39, 0.29) is 0 Å². The van der Waals surface area contributed by atoms with Gasteiger partial charge in [-0.05, 0) is 49.8 Å². The third-order valence-corrected chi connectivity index (χ3v) is 3.02. The van der Waals surface area contributed by atoms with Crippen LogP contribution in [0.5, 0.6) is 0 Å². The Morgan fingerprint density at radius 3 is 2.77 bits per heavy atom. The number of hydrogen-bond acceptors (Lipinski definition) is 2. The molecule has 0 spiro atoms. The van der Waals surface area contributed by atoms with Crippen LogP contribution in [0.1, 0.15) is 17.5 Å². The predicted molar refractivity (Wildman–Crippen MR) is 60.3 cm³/mol. The van der Waals surface area contributed by atoms with Gasteiger partial charge in [0, 0.05) is 4.90 Å². The third kappa shape index (κ3) is 3.05. The Morgan fingerprint density at radius 1 is 1.38 bits per heavy atom. The molecule has 0 aliphatic carbocycles. The molecule has 0 unspecified atom stereocenters. The van der Waals surface area contributed by atoms with Crippen LogP contribution >= 0.6 is 11.8 Å². The van der Waals surface area contributed by atoms with Gasteiger partial charge >= 0.3 is 0 Å². The molecule has 0 saturated heterocycles. The molecule has 0 aliphatic heterocycles. The zero-order chi connectivity index (χ0) is 9.68. The van der Waals surface area contributed by atoms with Crippen molar-refractivity contribution in [3.05, 3.63) is 29.3 Å². The molecule has 0 bridgehead atoms. The molecular weight excluding hydrogens is 178 g/mol. The highest BCUT2D eigenvalue weighted by atomic mass is 32.2. The summed E-state index contributed by atoms with van der Waals surface area (Å²) < 4.78 is 0. The molecule has 0 saturated carbocycles. The van der Waals surface area contributed by atoms with Crippen LogP contribution in [0.15, 0.2) is 23.1 Å². The first-order valence-electron chi connectivity index (χ1n) is 4.61. The van der Waals surface area contributed by atoms with Gasteiger partial charge in [-0.3, -0.25) is 0 Å². The minimum absolute atomic E-state index is 0.780. The van der Waals surface area contributed by atoms with Gasteiger partial charge in [0.1, 0.15) is 0 Å². The fraction of sp³-hybridized carbons (Fsp3) is 0.455. The molecule has 2 N–H and O–H groups in total. The molecule has 0 aromatic heterocycles. The van der Waals surface area contributed by atoms with Crippen molar-refractivity contribution in [3.63, 3.8) is 0 Å². The van der Waals surface area contributed by atoms with E-state index in [9.17, 15) is 0 Å². The highest BCUT2D eigenvalue weighted by Crippen LogP contribution is 2.21. The molecule has 2 heteroatoms. The van der Waals surface area contributed by atoms with Gasteiger partial charge in [0.2, 0.25) is 0 Å². The summed E-state index contributed by atoms with van der Waals surface area (Å²) in [6.45, 7) is 2.93. The van der Waals surface area contributed by atoms with Crippen molar-refractivity contribution >= 4 is 11.8 Å². The van der Waals surface area contributed by atoms with Gasteiger partial charge in [-0.1, -0.05) is 12.1 Å². The van der Waals surface area contributed by atoms with E-state index >= 15 is 0 Å². The van der Waals surface area contributed by atoms with Crippen molar-refractivity contribution in [3.8, 4) is 0 Å². The number of nitrogens with two attached hydrogens (primary N) is 1. The molecule has 72 valence electrons. The molecule has 0 radical (unpaired) electrons. The Bertz CT molecular complexity index is 271. The number of hydrogen-bond donors (Lipinski definition) is 1. The van der Waals surface area contributed by atoms with Crippen molar-refractivity contribution in [2.45, 2.75) is 24.7 Å². The Balaban J connectivity index is 2.74. The highest BCUT2D eigenvalue weighted by molar-refractivity contribution is 7.98. The molecule has 1 rings (SSSR count). The third-order valence-electron chi connectivity index (χ3n) is 2.14. The average Bonchev–Trinajstić information content (AvgIpc) is 2.16. The van der Waals surface area contributed by atoms with E-state index in [1.807, 2.05) is 11.8 Å². The van der Waals surface area contributed by atoms with E-state index < -0.39 is 0 Å². The van der Waals surface area contributed by atoms with E-state index in [0.29, 0.717) is 0 Å². The zero-order valence-electron chi connectivity index (χ0n) is 8.34. The standard InChI is InChI=1S/C11H17NS/c1-9-5-6-10(4-3-7-12)8-11(9)13-2/h5-6,8H,3-4,7,12H2,1-2H3. The monoisotopic (exact) mass is 195 g/mol. The topological polar surface area (TPSA) is 26.0 Å². The van der Waals surface area contributed by atoms with Gasteiger partial charge in [0.05, 0.1) is 0 Å². The van der Waals surface area contributed by atoms with Crippen LogP contribution in [-0.2, 0) is 6.42 Å². The van der Waals surface area contributed by atoms with Crippen LogP contribution in [0.25, 0.3) is 0 Å². The number of rotatable bonds is 4. The normalized spacial score (nSPS) is 10.4. The van der Waals surface area contributed by atoms with Crippen LogP contribution < -0.4 is 5.73 Å². The molecule has 1 nitrogen and oxygen atoms in total. The lowest BCUT2D eigenvalue weighted by molar-refractivity contribution is 0.830. The fourth-order valence-electron chi connectivity index (χ4n) is 1.33. The lowest BCUT2D eigenvalue weighted by Crippen LogP contribution is -2.00. The van der Waals surface area contributed by atoms with E-state index in [4.69, 9.17) is 5.73 Å². The summed E-state index contributed by atoms with van der Waals surface area (Å²) in [5.74, 6) is 0. The molecule has 13 heavy (non-hydrogen) atoms. The van der Waals surface area contributed by atoms with Crippen LogP contribution in [0.3, 0.4) is 0 Å². The minimum atomic E-state index is 0.780. The average molecular weight is 195 g/mol. The van der Waals surface area contributed by atoms with E-state index in [2.05, 4.69) is 31.4 Å². The first-order chi connectivity index (χ1) is 6.27. The smallest absolute Gasteiger partial charge is 0.0101 e. The first kappa shape index (κ1) is 10.6. The number of benzene rings is 1. The Kier molecular flexibility index (Phi) is 4.33. The second-order valence-corrected chi connectivity index (χ2v) is 4.04. The van der Waals surface area contributed by atoms with Crippen LogP contribution in [0.2, 0.25) is 0 Å². The summed E-state index contributed by atoms with van der Waals surface area (Å²) in [5, 5.41) is 0. The lowest BCUT2D eigenvalue weighted by atomic mass is 10.1. The van der Waals surface area contributed by atoms with Gasteiger partial charge in [-0.25, -0.2) is 0 Å². The zero-order valence-corrected chi connectivity index (χ0v) is 9.16. The predicted octanol–water partition coefficient (Wildman–Crippen LogP) is 2.61. The van der Waals surface area contributed by atoms with Gasteiger partial charge in [0.25, 0.3) is 0 Å². The van der Waals surface area contributed by atoms with Crippen molar-refractivity contribution in [2.24, 2.45) is 5.73 Å². The second kappa shape index (κ2) is 5.30. The van der Waals surface area contributed by atoms with E-state index in [1.54, 1.807) is 0 Å². The summed E-state index contributed by atoms with van der Waals surface area (Å²) >= 11 is 1.81. The summed E-state index contributed by atoms with van der Waals surface area (Å²) in [6, 6.07) is 6.66. The molecular formula is C11H17NS. The summed E-state index contributed by atoms with van der Waals surface area (Å²) in [6.07, 6.45) is 4.30. The lowest BCUT2D eigenvalue weighted by Gasteiger charge is -2.05. The Labute approximate surface area is 84.7 Å². The molecule has 0 atom stereocenters. The largest absolute Gasteiger partial charge is 0.330 e. The quantitative estimate of drug-likeness (QED) is 0.747. The Hall–Kier alpha value is -0.470. The van der Waals surface area contributed by atoms with Crippen molar-refractivity contribution in [1.82, 2.24) is 0 Å². The number of thioether (sulfide) groups is 1. The second-order valence-electron chi connectivity index (χ2n) is 3.20. The van der Waals surface area contributed by atoms with E-state index in [0.717, 1.165) is 19.4 Å². The molecule has 0 amide bonds. The van der Waals surface area contributed by atoms with E-state index in [1.165, 1.54) is 16.0 Å². The van der Waals surface area contributed by atoms with Gasteiger partial charge in [-0.15, -0.1) is 11.8 Å². The molecule has 0 fully saturated rings. The summed E-state index contributed by atoms with van der Waals surface area (Å²) in [5.41, 5.74) is 8.24. The van der Waals surface area contributed by atoms with Crippen LogP contribution in [-0.4, -0.2) is 12.8 Å². The molecule has 1 aromatic carbocycles. The maximum Gasteiger partial charge on any atom is 0.0101 e.